The summed E-state index contributed by atoms with van der Waals surface area (Å²) in [5.41, 5.74) is 0.808. The highest BCUT2D eigenvalue weighted by Gasteiger charge is 2.11. The highest BCUT2D eigenvalue weighted by atomic mass is 79.9. The Bertz CT molecular complexity index is 490. The molecule has 0 fully saturated rings. The zero-order chi connectivity index (χ0) is 10.1. The Morgan fingerprint density at radius 3 is 2.86 bits per heavy atom. The van der Waals surface area contributed by atoms with Crippen molar-refractivity contribution in [2.75, 3.05) is 0 Å². The molecule has 2 rings (SSSR count). The minimum absolute atomic E-state index is 0.729. The second-order valence-electron chi connectivity index (χ2n) is 2.81. The largest absolute Gasteiger partial charge is 0.298 e. The van der Waals surface area contributed by atoms with Crippen LogP contribution in [-0.4, -0.2) is 6.29 Å². The Morgan fingerprint density at radius 1 is 1.43 bits per heavy atom. The van der Waals surface area contributed by atoms with Gasteiger partial charge in [0.1, 0.15) is 0 Å². The SMILES string of the molecule is O=Cc1c(CBr)sc2c(Br)cccc12. The zero-order valence-corrected chi connectivity index (χ0v) is 11.1. The van der Waals surface area contributed by atoms with Gasteiger partial charge >= 0.3 is 0 Å². The van der Waals surface area contributed by atoms with E-state index >= 15 is 0 Å². The minimum atomic E-state index is 0.729. The predicted molar refractivity (Wildman–Crippen MR) is 67.5 cm³/mol. The fourth-order valence-electron chi connectivity index (χ4n) is 1.38. The highest BCUT2D eigenvalue weighted by Crippen LogP contribution is 2.36. The Hall–Kier alpha value is -0.190. The second-order valence-corrected chi connectivity index (χ2v) is 5.33. The highest BCUT2D eigenvalue weighted by molar-refractivity contribution is 9.10. The molecular formula is C10H6Br2OS. The molecule has 0 aliphatic rings. The van der Waals surface area contributed by atoms with Crippen LogP contribution in [0.5, 0.6) is 0 Å². The van der Waals surface area contributed by atoms with Crippen molar-refractivity contribution in [1.82, 2.24) is 0 Å². The van der Waals surface area contributed by atoms with Crippen molar-refractivity contribution in [1.29, 1.82) is 0 Å². The van der Waals surface area contributed by atoms with E-state index < -0.39 is 0 Å². The number of aldehydes is 1. The maximum Gasteiger partial charge on any atom is 0.151 e. The molecule has 14 heavy (non-hydrogen) atoms. The van der Waals surface area contributed by atoms with E-state index in [1.54, 1.807) is 11.3 Å². The molecule has 1 aromatic carbocycles. The number of benzene rings is 1. The lowest BCUT2D eigenvalue weighted by molar-refractivity contribution is 0.112. The Balaban J connectivity index is 2.86. The first-order valence-electron chi connectivity index (χ1n) is 3.99. The number of alkyl halides is 1. The molecule has 2 aromatic rings. The summed E-state index contributed by atoms with van der Waals surface area (Å²) in [7, 11) is 0. The lowest BCUT2D eigenvalue weighted by Crippen LogP contribution is -1.81. The number of fused-ring (bicyclic) bond motifs is 1. The van der Waals surface area contributed by atoms with Crippen molar-refractivity contribution in [3.63, 3.8) is 0 Å². The van der Waals surface area contributed by atoms with Crippen LogP contribution >= 0.6 is 43.2 Å². The van der Waals surface area contributed by atoms with Gasteiger partial charge < -0.3 is 0 Å². The van der Waals surface area contributed by atoms with E-state index in [2.05, 4.69) is 31.9 Å². The first kappa shape index (κ1) is 10.3. The maximum atomic E-state index is 10.9. The van der Waals surface area contributed by atoms with Gasteiger partial charge in [0.2, 0.25) is 0 Å². The Morgan fingerprint density at radius 2 is 2.21 bits per heavy atom. The van der Waals surface area contributed by atoms with Crippen LogP contribution in [0.1, 0.15) is 15.2 Å². The van der Waals surface area contributed by atoms with Gasteiger partial charge in [-0.25, -0.2) is 0 Å². The first-order valence-corrected chi connectivity index (χ1v) is 6.72. The summed E-state index contributed by atoms with van der Waals surface area (Å²) in [6.45, 7) is 0. The molecular weight excluding hydrogens is 328 g/mol. The quantitative estimate of drug-likeness (QED) is 0.589. The van der Waals surface area contributed by atoms with Gasteiger partial charge in [-0.15, -0.1) is 11.3 Å². The number of hydrogen-bond acceptors (Lipinski definition) is 2. The smallest absolute Gasteiger partial charge is 0.151 e. The van der Waals surface area contributed by atoms with E-state index in [9.17, 15) is 4.79 Å². The molecule has 0 unspecified atom stereocenters. The van der Waals surface area contributed by atoms with Crippen LogP contribution in [0.25, 0.3) is 10.1 Å². The molecule has 1 nitrogen and oxygen atoms in total. The summed E-state index contributed by atoms with van der Waals surface area (Å²) < 4.78 is 2.19. The van der Waals surface area contributed by atoms with Crippen LogP contribution in [0.4, 0.5) is 0 Å². The number of halogens is 2. The van der Waals surface area contributed by atoms with Crippen LogP contribution in [-0.2, 0) is 5.33 Å². The molecule has 0 saturated carbocycles. The maximum absolute atomic E-state index is 10.9. The van der Waals surface area contributed by atoms with Crippen molar-refractivity contribution >= 4 is 59.6 Å². The average Bonchev–Trinajstić information content (AvgIpc) is 2.57. The molecule has 0 amide bonds. The van der Waals surface area contributed by atoms with Gasteiger partial charge in [0.15, 0.2) is 6.29 Å². The molecule has 72 valence electrons. The van der Waals surface area contributed by atoms with Crippen molar-refractivity contribution in [3.8, 4) is 0 Å². The van der Waals surface area contributed by atoms with Crippen LogP contribution in [0.15, 0.2) is 22.7 Å². The van der Waals surface area contributed by atoms with E-state index in [1.165, 1.54) is 0 Å². The monoisotopic (exact) mass is 332 g/mol. The van der Waals surface area contributed by atoms with E-state index in [1.807, 2.05) is 18.2 Å². The molecule has 1 heterocycles. The van der Waals surface area contributed by atoms with Crippen molar-refractivity contribution in [2.24, 2.45) is 0 Å². The van der Waals surface area contributed by atoms with Gasteiger partial charge in [-0.2, -0.15) is 0 Å². The molecule has 0 saturated heterocycles. The lowest BCUT2D eigenvalue weighted by Gasteiger charge is -1.92. The first-order chi connectivity index (χ1) is 6.77. The normalized spacial score (nSPS) is 10.7. The summed E-state index contributed by atoms with van der Waals surface area (Å²) in [5.74, 6) is 0. The van der Waals surface area contributed by atoms with Gasteiger partial charge in [-0.05, 0) is 22.0 Å². The zero-order valence-electron chi connectivity index (χ0n) is 7.09. The summed E-state index contributed by atoms with van der Waals surface area (Å²) in [6.07, 6.45) is 0.932. The van der Waals surface area contributed by atoms with Crippen LogP contribution in [0, 0.1) is 0 Å². The molecule has 1 aromatic heterocycles. The molecule has 4 heteroatoms. The van der Waals surface area contributed by atoms with Gasteiger partial charge in [-0.3, -0.25) is 4.79 Å². The molecule has 0 spiro atoms. The number of carbonyl (C=O) groups is 1. The molecule has 0 atom stereocenters. The van der Waals surface area contributed by atoms with Gasteiger partial charge in [-0.1, -0.05) is 28.1 Å². The predicted octanol–water partition coefficient (Wildman–Crippen LogP) is 4.37. The van der Waals surface area contributed by atoms with Gasteiger partial charge in [0.05, 0.1) is 0 Å². The van der Waals surface area contributed by atoms with Crippen molar-refractivity contribution in [3.05, 3.63) is 33.1 Å². The molecule has 0 radical (unpaired) electrons. The summed E-state index contributed by atoms with van der Waals surface area (Å²) in [6, 6.07) is 5.92. The molecule has 0 N–H and O–H groups in total. The third-order valence-electron chi connectivity index (χ3n) is 2.02. The summed E-state index contributed by atoms with van der Waals surface area (Å²) in [4.78, 5) is 12.0. The standard InChI is InChI=1S/C10H6Br2OS/c11-4-9-7(5-13)6-2-1-3-8(12)10(6)14-9/h1-3,5H,4H2. The lowest BCUT2D eigenvalue weighted by atomic mass is 10.1. The second kappa shape index (κ2) is 4.13. The van der Waals surface area contributed by atoms with Crippen LogP contribution in [0.2, 0.25) is 0 Å². The minimum Gasteiger partial charge on any atom is -0.298 e. The van der Waals surface area contributed by atoms with E-state index in [0.717, 1.165) is 36.6 Å². The number of rotatable bonds is 2. The van der Waals surface area contributed by atoms with E-state index in [0.29, 0.717) is 0 Å². The third kappa shape index (κ3) is 1.55. The van der Waals surface area contributed by atoms with E-state index in [4.69, 9.17) is 0 Å². The molecule has 0 aliphatic carbocycles. The fraction of sp³-hybridized carbons (Fsp3) is 0.100. The van der Waals surface area contributed by atoms with Crippen molar-refractivity contribution in [2.45, 2.75) is 5.33 Å². The number of hydrogen-bond donors (Lipinski definition) is 0. The number of thiophene rings is 1. The Kier molecular flexibility index (Phi) is 3.04. The van der Waals surface area contributed by atoms with Gasteiger partial charge in [0.25, 0.3) is 0 Å². The fourth-order valence-corrected chi connectivity index (χ4v) is 3.66. The molecule has 0 bridgehead atoms. The van der Waals surface area contributed by atoms with Crippen molar-refractivity contribution < 1.29 is 4.79 Å². The van der Waals surface area contributed by atoms with Crippen LogP contribution in [0.3, 0.4) is 0 Å². The third-order valence-corrected chi connectivity index (χ3v) is 5.13. The van der Waals surface area contributed by atoms with E-state index in [-0.39, 0.29) is 0 Å². The van der Waals surface area contributed by atoms with Gasteiger partial charge in [0, 0.05) is 30.3 Å². The topological polar surface area (TPSA) is 17.1 Å². The Labute approximate surface area is 102 Å². The molecule has 0 aliphatic heterocycles. The average molecular weight is 334 g/mol. The summed E-state index contributed by atoms with van der Waals surface area (Å²) >= 11 is 8.52. The number of carbonyl (C=O) groups excluding carboxylic acids is 1. The summed E-state index contributed by atoms with van der Waals surface area (Å²) in [5, 5.41) is 1.76. The van der Waals surface area contributed by atoms with Crippen LogP contribution < -0.4 is 0 Å².